The quantitative estimate of drug-likeness (QED) is 0.572. The first-order valence-electron chi connectivity index (χ1n) is 6.50. The van der Waals surface area contributed by atoms with Crippen LogP contribution in [0.4, 0.5) is 5.95 Å². The number of anilines is 1. The fourth-order valence-electron chi connectivity index (χ4n) is 2.63. The van der Waals surface area contributed by atoms with E-state index >= 15 is 0 Å². The van der Waals surface area contributed by atoms with Crippen molar-refractivity contribution in [3.05, 3.63) is 59.3 Å². The first-order chi connectivity index (χ1) is 10.2. The number of rotatable bonds is 1. The topological polar surface area (TPSA) is 56.7 Å². The Morgan fingerprint density at radius 3 is 2.90 bits per heavy atom. The number of nitrogen functional groups attached to an aromatic ring is 1. The van der Waals surface area contributed by atoms with Crippen LogP contribution in [-0.2, 0) is 0 Å². The first-order valence-corrected chi connectivity index (χ1v) is 7.30. The number of nitrogens with zero attached hydrogens (tertiary/aromatic N) is 3. The number of pyridine rings is 1. The van der Waals surface area contributed by atoms with Crippen molar-refractivity contribution < 1.29 is 0 Å². The Balaban J connectivity index is 2.11. The Morgan fingerprint density at radius 2 is 2.00 bits per heavy atom. The Labute approximate surface area is 129 Å². The van der Waals surface area contributed by atoms with Crippen LogP contribution in [0.2, 0.25) is 0 Å². The molecule has 0 saturated carbocycles. The first kappa shape index (κ1) is 12.3. The summed E-state index contributed by atoms with van der Waals surface area (Å²) in [6.45, 7) is 0. The van der Waals surface area contributed by atoms with Gasteiger partial charge in [0, 0.05) is 27.6 Å². The van der Waals surface area contributed by atoms with Gasteiger partial charge < -0.3 is 5.73 Å². The number of hydrogen-bond acceptors (Lipinski definition) is 3. The van der Waals surface area contributed by atoms with Gasteiger partial charge in [0.1, 0.15) is 0 Å². The van der Waals surface area contributed by atoms with Crippen LogP contribution in [0.15, 0.2) is 59.3 Å². The van der Waals surface area contributed by atoms with Crippen LogP contribution in [0, 0.1) is 0 Å². The molecule has 4 aromatic rings. The molecule has 102 valence electrons. The molecule has 0 amide bonds. The molecule has 0 unspecified atom stereocenters. The summed E-state index contributed by atoms with van der Waals surface area (Å²) in [5.41, 5.74) is 9.01. The number of imidazole rings is 1. The third kappa shape index (κ3) is 1.89. The second-order valence-electron chi connectivity index (χ2n) is 4.81. The van der Waals surface area contributed by atoms with Crippen LogP contribution in [-0.4, -0.2) is 14.5 Å². The smallest absolute Gasteiger partial charge is 0.205 e. The van der Waals surface area contributed by atoms with Gasteiger partial charge in [0.05, 0.1) is 16.7 Å². The van der Waals surface area contributed by atoms with Crippen molar-refractivity contribution in [2.45, 2.75) is 0 Å². The summed E-state index contributed by atoms with van der Waals surface area (Å²) in [7, 11) is 0. The molecule has 0 aliphatic heterocycles. The fraction of sp³-hybridized carbons (Fsp3) is 0. The van der Waals surface area contributed by atoms with Crippen molar-refractivity contribution in [1.82, 2.24) is 14.5 Å². The number of nitrogens with two attached hydrogens (primary N) is 1. The molecule has 4 rings (SSSR count). The van der Waals surface area contributed by atoms with Crippen LogP contribution in [0.3, 0.4) is 0 Å². The molecule has 0 fully saturated rings. The third-order valence-electron chi connectivity index (χ3n) is 3.54. The highest BCUT2D eigenvalue weighted by atomic mass is 79.9. The van der Waals surface area contributed by atoms with Gasteiger partial charge in [-0.05, 0) is 30.3 Å². The third-order valence-corrected chi connectivity index (χ3v) is 4.03. The van der Waals surface area contributed by atoms with Crippen LogP contribution >= 0.6 is 15.9 Å². The minimum Gasteiger partial charge on any atom is -0.369 e. The van der Waals surface area contributed by atoms with Crippen molar-refractivity contribution in [1.29, 1.82) is 0 Å². The number of hydrogen-bond donors (Lipinski definition) is 1. The molecule has 4 nitrogen and oxygen atoms in total. The molecule has 5 heteroatoms. The average molecular weight is 339 g/mol. The average Bonchev–Trinajstić information content (AvgIpc) is 2.81. The van der Waals surface area contributed by atoms with Gasteiger partial charge in [0.25, 0.3) is 0 Å². The molecule has 0 radical (unpaired) electrons. The maximum Gasteiger partial charge on any atom is 0.205 e. The summed E-state index contributed by atoms with van der Waals surface area (Å²) in [5.74, 6) is 0.479. The molecule has 2 N–H and O–H groups in total. The molecule has 0 atom stereocenters. The molecular weight excluding hydrogens is 328 g/mol. The van der Waals surface area contributed by atoms with Crippen LogP contribution in [0.5, 0.6) is 0 Å². The molecule has 0 saturated heterocycles. The lowest BCUT2D eigenvalue weighted by Crippen LogP contribution is -2.01. The van der Waals surface area contributed by atoms with Crippen LogP contribution < -0.4 is 5.73 Å². The lowest BCUT2D eigenvalue weighted by atomic mass is 10.1. The van der Waals surface area contributed by atoms with Gasteiger partial charge in [-0.2, -0.15) is 0 Å². The maximum atomic E-state index is 6.15. The largest absolute Gasteiger partial charge is 0.369 e. The Kier molecular flexibility index (Phi) is 2.68. The van der Waals surface area contributed by atoms with Crippen LogP contribution in [0.25, 0.3) is 27.5 Å². The second-order valence-corrected chi connectivity index (χ2v) is 5.73. The fourth-order valence-corrected chi connectivity index (χ4v) is 2.97. The molecule has 2 heterocycles. The summed E-state index contributed by atoms with van der Waals surface area (Å²) in [6.07, 6.45) is 3.64. The summed E-state index contributed by atoms with van der Waals surface area (Å²) in [4.78, 5) is 8.62. The molecule has 0 aliphatic rings. The van der Waals surface area contributed by atoms with E-state index in [9.17, 15) is 0 Å². The number of halogens is 1. The SMILES string of the molecule is Nc1nc2cc(Br)ccc2n1-c1cccc2cnccc12. The monoisotopic (exact) mass is 338 g/mol. The van der Waals surface area contributed by atoms with Gasteiger partial charge in [-0.3, -0.25) is 9.55 Å². The molecule has 0 bridgehead atoms. The van der Waals surface area contributed by atoms with Gasteiger partial charge in [-0.1, -0.05) is 28.1 Å². The van der Waals surface area contributed by atoms with E-state index in [4.69, 9.17) is 5.73 Å². The Hall–Kier alpha value is -2.40. The summed E-state index contributed by atoms with van der Waals surface area (Å²) < 4.78 is 2.96. The summed E-state index contributed by atoms with van der Waals surface area (Å²) in [6, 6.07) is 14.1. The lowest BCUT2D eigenvalue weighted by Gasteiger charge is -2.10. The normalized spacial score (nSPS) is 11.3. The zero-order chi connectivity index (χ0) is 14.4. The second kappa shape index (κ2) is 4.56. The number of fused-ring (bicyclic) bond motifs is 2. The standard InChI is InChI=1S/C16H11BrN4/c17-11-4-5-15-13(8-11)20-16(18)21(15)14-3-1-2-10-9-19-7-6-12(10)14/h1-9H,(H2,18,20). The van der Waals surface area contributed by atoms with E-state index in [1.165, 1.54) is 0 Å². The highest BCUT2D eigenvalue weighted by Crippen LogP contribution is 2.29. The maximum absolute atomic E-state index is 6.15. The molecule has 21 heavy (non-hydrogen) atoms. The zero-order valence-corrected chi connectivity index (χ0v) is 12.6. The summed E-state index contributed by atoms with van der Waals surface area (Å²) in [5, 5.41) is 2.18. The molecule has 2 aromatic carbocycles. The minimum absolute atomic E-state index is 0.479. The predicted molar refractivity (Wildman–Crippen MR) is 88.5 cm³/mol. The Bertz CT molecular complexity index is 969. The molecule has 2 aromatic heterocycles. The van der Waals surface area contributed by atoms with Crippen molar-refractivity contribution in [3.8, 4) is 5.69 Å². The summed E-state index contributed by atoms with van der Waals surface area (Å²) >= 11 is 3.46. The molecular formula is C16H11BrN4. The van der Waals surface area contributed by atoms with E-state index in [0.29, 0.717) is 5.95 Å². The van der Waals surface area contributed by atoms with Crippen LogP contribution in [0.1, 0.15) is 0 Å². The van der Waals surface area contributed by atoms with E-state index in [2.05, 4.69) is 25.9 Å². The van der Waals surface area contributed by atoms with Gasteiger partial charge >= 0.3 is 0 Å². The van der Waals surface area contributed by atoms with Crippen molar-refractivity contribution in [2.75, 3.05) is 5.73 Å². The lowest BCUT2D eigenvalue weighted by molar-refractivity contribution is 1.12. The van der Waals surface area contributed by atoms with Crippen molar-refractivity contribution in [3.63, 3.8) is 0 Å². The molecule has 0 spiro atoms. The molecule has 0 aliphatic carbocycles. The highest BCUT2D eigenvalue weighted by Gasteiger charge is 2.12. The predicted octanol–water partition coefficient (Wildman–Crippen LogP) is 3.92. The minimum atomic E-state index is 0.479. The van der Waals surface area contributed by atoms with Crippen molar-refractivity contribution in [2.24, 2.45) is 0 Å². The van der Waals surface area contributed by atoms with E-state index in [0.717, 1.165) is 32.0 Å². The van der Waals surface area contributed by atoms with E-state index in [1.54, 1.807) is 6.20 Å². The van der Waals surface area contributed by atoms with E-state index in [1.807, 2.05) is 53.2 Å². The van der Waals surface area contributed by atoms with Gasteiger partial charge in [-0.25, -0.2) is 4.98 Å². The van der Waals surface area contributed by atoms with Gasteiger partial charge in [0.2, 0.25) is 5.95 Å². The van der Waals surface area contributed by atoms with Gasteiger partial charge in [0.15, 0.2) is 0 Å². The highest BCUT2D eigenvalue weighted by molar-refractivity contribution is 9.10. The van der Waals surface area contributed by atoms with Gasteiger partial charge in [-0.15, -0.1) is 0 Å². The van der Waals surface area contributed by atoms with Crippen molar-refractivity contribution >= 4 is 43.7 Å². The number of benzene rings is 2. The van der Waals surface area contributed by atoms with E-state index < -0.39 is 0 Å². The number of aromatic nitrogens is 3. The Morgan fingerprint density at radius 1 is 1.10 bits per heavy atom. The van der Waals surface area contributed by atoms with E-state index in [-0.39, 0.29) is 0 Å². The zero-order valence-electron chi connectivity index (χ0n) is 11.0.